The number of rotatable bonds is 15. The number of hydrogen-bond donors (Lipinski definition) is 3. The van der Waals surface area contributed by atoms with E-state index < -0.39 is 17.6 Å². The van der Waals surface area contributed by atoms with E-state index in [4.69, 9.17) is 0 Å². The van der Waals surface area contributed by atoms with Crippen LogP contribution in [0.1, 0.15) is 50.7 Å². The van der Waals surface area contributed by atoms with Crippen LogP contribution in [0, 0.1) is 28.9 Å². The Bertz CT molecular complexity index is 1140. The van der Waals surface area contributed by atoms with Crippen molar-refractivity contribution < 1.29 is 18.4 Å². The first-order chi connectivity index (χ1) is 18.8. The van der Waals surface area contributed by atoms with E-state index in [2.05, 4.69) is 28.3 Å². The number of nitriles is 1. The van der Waals surface area contributed by atoms with E-state index in [1.54, 1.807) is 11.0 Å². The van der Waals surface area contributed by atoms with Gasteiger partial charge in [-0.3, -0.25) is 14.3 Å². The molecule has 0 spiro atoms. The quantitative estimate of drug-likeness (QED) is 0.225. The Morgan fingerprint density at radius 2 is 1.95 bits per heavy atom. The molecule has 0 aromatic heterocycles. The molecule has 2 amide bonds. The summed E-state index contributed by atoms with van der Waals surface area (Å²) in [7, 11) is 0. The average molecular weight is 558 g/mol. The van der Waals surface area contributed by atoms with Crippen molar-refractivity contribution in [1.82, 2.24) is 20.3 Å². The molecule has 1 heterocycles. The average Bonchev–Trinajstić information content (AvgIpc) is 3.27. The zero-order valence-electron chi connectivity index (χ0n) is 22.5. The third-order valence-corrected chi connectivity index (χ3v) is 7.59. The molecule has 3 N–H and O–H groups in total. The molecular formula is C29H37F2N5O2S. The lowest BCUT2D eigenvalue weighted by molar-refractivity contribution is -0.129. The summed E-state index contributed by atoms with van der Waals surface area (Å²) in [4.78, 5) is 28.1. The number of nitrogens with one attached hydrogen (secondary N) is 3. The van der Waals surface area contributed by atoms with E-state index >= 15 is 0 Å². The molecule has 10 heteroatoms. The molecule has 1 aliphatic heterocycles. The van der Waals surface area contributed by atoms with Crippen molar-refractivity contribution in [2.24, 2.45) is 5.92 Å². The molecule has 0 saturated carbocycles. The Morgan fingerprint density at radius 3 is 2.67 bits per heavy atom. The van der Waals surface area contributed by atoms with Crippen molar-refractivity contribution in [2.45, 2.75) is 62.9 Å². The summed E-state index contributed by atoms with van der Waals surface area (Å²) in [6, 6.07) is 12.6. The summed E-state index contributed by atoms with van der Waals surface area (Å²) in [6.45, 7) is 6.39. The number of nitrogens with zero attached hydrogens (tertiary/aromatic N) is 2. The molecule has 3 atom stereocenters. The molecule has 3 rings (SSSR count). The normalized spacial score (nSPS) is 16.6. The van der Waals surface area contributed by atoms with Crippen LogP contribution >= 0.6 is 11.9 Å². The highest BCUT2D eigenvalue weighted by molar-refractivity contribution is 7.97. The van der Waals surface area contributed by atoms with Gasteiger partial charge in [-0.25, -0.2) is 8.78 Å². The van der Waals surface area contributed by atoms with Crippen molar-refractivity contribution in [3.05, 3.63) is 65.2 Å². The third kappa shape index (κ3) is 9.92. The number of carbonyl (C=O) groups excluding carboxylic acids is 2. The molecule has 39 heavy (non-hydrogen) atoms. The Kier molecular flexibility index (Phi) is 12.2. The van der Waals surface area contributed by atoms with Gasteiger partial charge in [-0.15, -0.1) is 0 Å². The van der Waals surface area contributed by atoms with Crippen LogP contribution in [0.15, 0.2) is 47.4 Å². The van der Waals surface area contributed by atoms with Crippen LogP contribution in [0.5, 0.6) is 0 Å². The first kappa shape index (κ1) is 30.5. The van der Waals surface area contributed by atoms with E-state index in [-0.39, 0.29) is 36.7 Å². The van der Waals surface area contributed by atoms with Crippen LogP contribution < -0.4 is 15.4 Å². The van der Waals surface area contributed by atoms with Gasteiger partial charge in [0.05, 0.1) is 11.5 Å². The summed E-state index contributed by atoms with van der Waals surface area (Å²) in [5.74, 6) is -1.95. The van der Waals surface area contributed by atoms with E-state index in [1.807, 2.05) is 25.1 Å². The summed E-state index contributed by atoms with van der Waals surface area (Å²) >= 11 is 1.40. The van der Waals surface area contributed by atoms with E-state index in [0.717, 1.165) is 23.8 Å². The minimum Gasteiger partial charge on any atom is -0.353 e. The van der Waals surface area contributed by atoms with Gasteiger partial charge in [0.15, 0.2) is 0 Å². The predicted molar refractivity (Wildman–Crippen MR) is 149 cm³/mol. The molecule has 0 radical (unpaired) electrons. The smallest absolute Gasteiger partial charge is 0.225 e. The van der Waals surface area contributed by atoms with Crippen LogP contribution in [0.25, 0.3) is 0 Å². The van der Waals surface area contributed by atoms with Gasteiger partial charge in [0.2, 0.25) is 11.8 Å². The minimum absolute atomic E-state index is 0.00170. The van der Waals surface area contributed by atoms with E-state index in [0.29, 0.717) is 43.7 Å². The Balaban J connectivity index is 1.54. The fraction of sp³-hybridized carbons (Fsp3) is 0.483. The maximum Gasteiger partial charge on any atom is 0.225 e. The monoisotopic (exact) mass is 557 g/mol. The molecule has 0 bridgehead atoms. The highest BCUT2D eigenvalue weighted by atomic mass is 32.2. The molecule has 1 unspecified atom stereocenters. The van der Waals surface area contributed by atoms with Gasteiger partial charge in [0, 0.05) is 55.6 Å². The van der Waals surface area contributed by atoms with E-state index in [9.17, 15) is 23.6 Å². The highest BCUT2D eigenvalue weighted by Crippen LogP contribution is 2.21. The van der Waals surface area contributed by atoms with Crippen molar-refractivity contribution in [2.75, 3.05) is 26.2 Å². The first-order valence-corrected chi connectivity index (χ1v) is 14.3. The number of hydrogen-bond acceptors (Lipinski definition) is 6. The van der Waals surface area contributed by atoms with Crippen molar-refractivity contribution in [1.29, 1.82) is 5.26 Å². The van der Waals surface area contributed by atoms with Crippen molar-refractivity contribution in [3.8, 4) is 6.07 Å². The summed E-state index contributed by atoms with van der Waals surface area (Å²) in [5, 5.41) is 15.7. The van der Waals surface area contributed by atoms with Gasteiger partial charge in [0.1, 0.15) is 17.7 Å². The molecule has 1 saturated heterocycles. The largest absolute Gasteiger partial charge is 0.353 e. The van der Waals surface area contributed by atoms with Gasteiger partial charge in [0.25, 0.3) is 0 Å². The number of likely N-dealkylation sites (tertiary alicyclic amines) is 1. The first-order valence-electron chi connectivity index (χ1n) is 13.4. The Morgan fingerprint density at radius 1 is 1.21 bits per heavy atom. The van der Waals surface area contributed by atoms with Crippen LogP contribution in [-0.4, -0.2) is 55.0 Å². The third-order valence-electron chi connectivity index (χ3n) is 6.67. The van der Waals surface area contributed by atoms with Crippen LogP contribution in [0.3, 0.4) is 0 Å². The van der Waals surface area contributed by atoms with Gasteiger partial charge >= 0.3 is 0 Å². The second-order valence-corrected chi connectivity index (χ2v) is 10.9. The Hall–Kier alpha value is -3.00. The summed E-state index contributed by atoms with van der Waals surface area (Å²) in [5.41, 5.74) is 1.08. The maximum absolute atomic E-state index is 13.8. The number of carbonyl (C=O) groups is 2. The summed E-state index contributed by atoms with van der Waals surface area (Å²) in [6.07, 6.45) is 2.86. The SMILES string of the molecule is CCCCN1CC(C(=O)N[C@@H](Cc2cc(F)cc(F)c2)C[C@@H](C)NCCNSc2ccccc2C#N)CC1=O. The van der Waals surface area contributed by atoms with E-state index in [1.165, 1.54) is 24.1 Å². The highest BCUT2D eigenvalue weighted by Gasteiger charge is 2.34. The second kappa shape index (κ2) is 15.6. The molecular weight excluding hydrogens is 520 g/mol. The fourth-order valence-corrected chi connectivity index (χ4v) is 5.42. The molecule has 2 aromatic carbocycles. The fourth-order valence-electron chi connectivity index (χ4n) is 4.69. The number of halogens is 2. The Labute approximate surface area is 233 Å². The standard InChI is InChI=1S/C29H37F2N5O2S/c1-3-4-11-36-19-23(16-28(36)37)29(38)35-26(15-21-13-24(30)17-25(31)14-21)12-20(2)33-9-10-34-39-27-8-6-5-7-22(27)18-32/h5-8,13-14,17,20,23,26,33-34H,3-4,9-12,15-16,19H2,1-2H3,(H,35,38)/t20-,23?,26-/m1/s1. The second-order valence-electron chi connectivity index (χ2n) is 9.98. The topological polar surface area (TPSA) is 97.3 Å². The molecule has 7 nitrogen and oxygen atoms in total. The van der Waals surface area contributed by atoms with Crippen LogP contribution in [0.2, 0.25) is 0 Å². The zero-order valence-corrected chi connectivity index (χ0v) is 23.3. The lowest BCUT2D eigenvalue weighted by Gasteiger charge is -2.25. The molecule has 2 aromatic rings. The van der Waals surface area contributed by atoms with Crippen LogP contribution in [0.4, 0.5) is 8.78 Å². The van der Waals surface area contributed by atoms with Gasteiger partial charge in [-0.05, 0) is 68.0 Å². The van der Waals surface area contributed by atoms with Gasteiger partial charge in [-0.1, -0.05) is 25.5 Å². The number of amides is 2. The molecule has 1 fully saturated rings. The lowest BCUT2D eigenvalue weighted by atomic mass is 9.98. The van der Waals surface area contributed by atoms with Crippen molar-refractivity contribution >= 4 is 23.8 Å². The van der Waals surface area contributed by atoms with Gasteiger partial charge < -0.3 is 15.5 Å². The lowest BCUT2D eigenvalue weighted by Crippen LogP contribution is -2.45. The van der Waals surface area contributed by atoms with Crippen molar-refractivity contribution in [3.63, 3.8) is 0 Å². The molecule has 210 valence electrons. The maximum atomic E-state index is 13.8. The number of benzene rings is 2. The molecule has 0 aliphatic carbocycles. The predicted octanol–water partition coefficient (Wildman–Crippen LogP) is 4.18. The van der Waals surface area contributed by atoms with Crippen LogP contribution in [-0.2, 0) is 16.0 Å². The van der Waals surface area contributed by atoms with Gasteiger partial charge in [-0.2, -0.15) is 5.26 Å². The molecule has 1 aliphatic rings. The minimum atomic E-state index is -0.657. The zero-order chi connectivity index (χ0) is 28.2. The number of unbranched alkanes of at least 4 members (excludes halogenated alkanes) is 1. The summed E-state index contributed by atoms with van der Waals surface area (Å²) < 4.78 is 30.9.